The lowest BCUT2D eigenvalue weighted by atomic mass is 9.93. The molecule has 176 valence electrons. The Hall–Kier alpha value is -3.56. The lowest BCUT2D eigenvalue weighted by Gasteiger charge is -2.16. The Morgan fingerprint density at radius 2 is 1.18 bits per heavy atom. The number of nitrogens with two attached hydrogens (primary N) is 2. The fourth-order valence-corrected chi connectivity index (χ4v) is 4.37. The van der Waals surface area contributed by atoms with Gasteiger partial charge in [-0.05, 0) is 86.0 Å². The lowest BCUT2D eigenvalue weighted by Crippen LogP contribution is -1.98. The van der Waals surface area contributed by atoms with Crippen molar-refractivity contribution in [3.8, 4) is 16.8 Å². The molecular weight excluding hydrogens is 414 g/mol. The highest BCUT2D eigenvalue weighted by Crippen LogP contribution is 2.36. The second-order valence-corrected chi connectivity index (χ2v) is 8.53. The van der Waals surface area contributed by atoms with E-state index in [1.807, 2.05) is 6.07 Å². The number of hydrogen-bond donors (Lipinski definition) is 2. The van der Waals surface area contributed by atoms with Crippen molar-refractivity contribution >= 4 is 27.5 Å². The number of anilines is 1. The molecule has 0 aliphatic heterocycles. The number of hydrogen-bond acceptors (Lipinski definition) is 2. The highest BCUT2D eigenvalue weighted by molar-refractivity contribution is 6.09. The third kappa shape index (κ3) is 4.57. The summed E-state index contributed by atoms with van der Waals surface area (Å²) >= 11 is 0. The minimum atomic E-state index is 0.849. The van der Waals surface area contributed by atoms with Crippen LogP contribution in [0.25, 0.3) is 38.6 Å². The number of benzene rings is 4. The Kier molecular flexibility index (Phi) is 8.14. The van der Waals surface area contributed by atoms with E-state index in [4.69, 9.17) is 5.73 Å². The SMILES string of the molecule is CCC.CN.Cc1ccc(-n2c3ccccc3c3ccccc32)cc1-c1ccc(N)c(C)c1C. The second kappa shape index (κ2) is 11.0. The van der Waals surface area contributed by atoms with Crippen LogP contribution >= 0.6 is 0 Å². The molecule has 0 unspecified atom stereocenters. The van der Waals surface area contributed by atoms with Gasteiger partial charge in [0.05, 0.1) is 11.0 Å². The summed E-state index contributed by atoms with van der Waals surface area (Å²) in [7, 11) is 1.50. The van der Waals surface area contributed by atoms with E-state index in [1.54, 1.807) is 0 Å². The molecule has 0 saturated heterocycles. The molecule has 1 aromatic heterocycles. The number of fused-ring (bicyclic) bond motifs is 3. The first-order valence-corrected chi connectivity index (χ1v) is 12.0. The van der Waals surface area contributed by atoms with Gasteiger partial charge < -0.3 is 16.0 Å². The van der Waals surface area contributed by atoms with Crippen molar-refractivity contribution in [1.82, 2.24) is 4.57 Å². The number of nitrogen functional groups attached to an aromatic ring is 1. The third-order valence-corrected chi connectivity index (χ3v) is 6.18. The Morgan fingerprint density at radius 3 is 1.74 bits per heavy atom. The van der Waals surface area contributed by atoms with E-state index in [0.717, 1.165) is 11.3 Å². The van der Waals surface area contributed by atoms with Gasteiger partial charge in [-0.1, -0.05) is 68.8 Å². The molecule has 0 radical (unpaired) electrons. The zero-order valence-corrected chi connectivity index (χ0v) is 21.3. The van der Waals surface area contributed by atoms with Gasteiger partial charge in [-0.3, -0.25) is 0 Å². The minimum absolute atomic E-state index is 0.849. The topological polar surface area (TPSA) is 57.0 Å². The smallest absolute Gasteiger partial charge is 0.0541 e. The molecule has 4 N–H and O–H groups in total. The zero-order chi connectivity index (χ0) is 24.8. The molecule has 3 nitrogen and oxygen atoms in total. The van der Waals surface area contributed by atoms with Crippen molar-refractivity contribution < 1.29 is 0 Å². The summed E-state index contributed by atoms with van der Waals surface area (Å²) in [6.45, 7) is 10.7. The van der Waals surface area contributed by atoms with Crippen molar-refractivity contribution in [2.75, 3.05) is 12.8 Å². The van der Waals surface area contributed by atoms with Crippen LogP contribution in [0.5, 0.6) is 0 Å². The maximum Gasteiger partial charge on any atom is 0.0541 e. The van der Waals surface area contributed by atoms with Gasteiger partial charge in [0.2, 0.25) is 0 Å². The van der Waals surface area contributed by atoms with Crippen molar-refractivity contribution in [3.05, 3.63) is 95.6 Å². The van der Waals surface area contributed by atoms with Crippen LogP contribution in [-0.4, -0.2) is 11.6 Å². The van der Waals surface area contributed by atoms with Crippen molar-refractivity contribution in [2.24, 2.45) is 5.73 Å². The van der Waals surface area contributed by atoms with Crippen LogP contribution < -0.4 is 11.5 Å². The highest BCUT2D eigenvalue weighted by Gasteiger charge is 2.14. The molecular formula is C31H37N3. The Bertz CT molecular complexity index is 1360. The van der Waals surface area contributed by atoms with Gasteiger partial charge in [0.1, 0.15) is 0 Å². The van der Waals surface area contributed by atoms with Crippen LogP contribution in [0, 0.1) is 20.8 Å². The molecule has 5 aromatic rings. The van der Waals surface area contributed by atoms with Gasteiger partial charge in [-0.2, -0.15) is 0 Å². The summed E-state index contributed by atoms with van der Waals surface area (Å²) in [4.78, 5) is 0. The monoisotopic (exact) mass is 451 g/mol. The quantitative estimate of drug-likeness (QED) is 0.268. The first kappa shape index (κ1) is 25.1. The van der Waals surface area contributed by atoms with E-state index in [0.29, 0.717) is 0 Å². The van der Waals surface area contributed by atoms with Crippen LogP contribution in [0.4, 0.5) is 5.69 Å². The van der Waals surface area contributed by atoms with Gasteiger partial charge in [-0.25, -0.2) is 0 Å². The molecule has 4 aromatic carbocycles. The van der Waals surface area contributed by atoms with E-state index in [1.165, 1.54) is 63.2 Å². The van der Waals surface area contributed by atoms with Gasteiger partial charge in [0.15, 0.2) is 0 Å². The number of aryl methyl sites for hydroxylation is 1. The number of aromatic nitrogens is 1. The molecule has 34 heavy (non-hydrogen) atoms. The van der Waals surface area contributed by atoms with E-state index >= 15 is 0 Å². The minimum Gasteiger partial charge on any atom is -0.399 e. The molecule has 0 aliphatic carbocycles. The van der Waals surface area contributed by atoms with Crippen LogP contribution in [0.2, 0.25) is 0 Å². The molecule has 1 heterocycles. The standard InChI is InChI=1S/C27H24N2.C3H8.CH5N/c1-17-12-13-20(16-24(17)21-14-15-25(28)19(3)18(21)2)29-26-10-6-4-8-22(26)23-9-5-7-11-27(23)29;1-3-2;1-2/h4-16H,28H2,1-3H3;3H2,1-2H3;2H2,1H3. The van der Waals surface area contributed by atoms with E-state index in [9.17, 15) is 0 Å². The summed E-state index contributed by atoms with van der Waals surface area (Å²) in [5.41, 5.74) is 21.3. The predicted molar refractivity (Wildman–Crippen MR) is 151 cm³/mol. The molecule has 0 atom stereocenters. The van der Waals surface area contributed by atoms with Gasteiger partial charge in [0.25, 0.3) is 0 Å². The van der Waals surface area contributed by atoms with Crippen LogP contribution in [-0.2, 0) is 0 Å². The molecule has 0 aliphatic rings. The fourth-order valence-electron chi connectivity index (χ4n) is 4.37. The van der Waals surface area contributed by atoms with Crippen molar-refractivity contribution in [3.63, 3.8) is 0 Å². The Morgan fingerprint density at radius 1 is 0.647 bits per heavy atom. The molecule has 0 spiro atoms. The predicted octanol–water partition coefficient (Wildman–Crippen LogP) is 7.95. The lowest BCUT2D eigenvalue weighted by molar-refractivity contribution is 1.09. The number of rotatable bonds is 2. The van der Waals surface area contributed by atoms with E-state index in [2.05, 4.69) is 118 Å². The second-order valence-electron chi connectivity index (χ2n) is 8.53. The fraction of sp³-hybridized carbons (Fsp3) is 0.226. The average Bonchev–Trinajstić information content (AvgIpc) is 3.20. The van der Waals surface area contributed by atoms with Gasteiger partial charge >= 0.3 is 0 Å². The molecule has 0 fully saturated rings. The first-order valence-electron chi connectivity index (χ1n) is 12.0. The van der Waals surface area contributed by atoms with Gasteiger partial charge in [0, 0.05) is 22.1 Å². The summed E-state index contributed by atoms with van der Waals surface area (Å²) in [6, 6.07) is 28.2. The number of nitrogens with zero attached hydrogens (tertiary/aromatic N) is 1. The summed E-state index contributed by atoms with van der Waals surface area (Å²) in [6.07, 6.45) is 1.25. The van der Waals surface area contributed by atoms with E-state index < -0.39 is 0 Å². The van der Waals surface area contributed by atoms with Crippen LogP contribution in [0.1, 0.15) is 37.0 Å². The Balaban J connectivity index is 0.000000603. The van der Waals surface area contributed by atoms with Crippen molar-refractivity contribution in [1.29, 1.82) is 0 Å². The van der Waals surface area contributed by atoms with Gasteiger partial charge in [-0.15, -0.1) is 0 Å². The maximum absolute atomic E-state index is 6.13. The Labute approximate surface area is 204 Å². The van der Waals surface area contributed by atoms with Crippen molar-refractivity contribution in [2.45, 2.75) is 41.0 Å². The highest BCUT2D eigenvalue weighted by atomic mass is 15.0. The number of para-hydroxylation sites is 2. The molecule has 3 heteroatoms. The molecule has 0 amide bonds. The first-order chi connectivity index (χ1) is 16.5. The average molecular weight is 452 g/mol. The summed E-state index contributed by atoms with van der Waals surface area (Å²) in [5.74, 6) is 0. The maximum atomic E-state index is 6.13. The van der Waals surface area contributed by atoms with E-state index in [-0.39, 0.29) is 0 Å². The summed E-state index contributed by atoms with van der Waals surface area (Å²) in [5, 5.41) is 2.56. The zero-order valence-electron chi connectivity index (χ0n) is 21.3. The largest absolute Gasteiger partial charge is 0.399 e. The molecule has 0 bridgehead atoms. The summed E-state index contributed by atoms with van der Waals surface area (Å²) < 4.78 is 2.37. The van der Waals surface area contributed by atoms with Crippen LogP contribution in [0.3, 0.4) is 0 Å². The third-order valence-electron chi connectivity index (χ3n) is 6.18. The molecule has 0 saturated carbocycles. The molecule has 5 rings (SSSR count). The normalized spacial score (nSPS) is 10.4. The van der Waals surface area contributed by atoms with Crippen LogP contribution in [0.15, 0.2) is 78.9 Å².